The van der Waals surface area contributed by atoms with Gasteiger partial charge >= 0.3 is 0 Å². The monoisotopic (exact) mass is 183 g/mol. The first-order chi connectivity index (χ1) is 6.83. The number of rotatable bonds is 1. The second-order valence-electron chi connectivity index (χ2n) is 3.39. The summed E-state index contributed by atoms with van der Waals surface area (Å²) in [5, 5.41) is 2.60. The molecule has 0 amide bonds. The van der Waals surface area contributed by atoms with Gasteiger partial charge in [0.05, 0.1) is 0 Å². The number of hydrogen-bond donors (Lipinski definition) is 0. The molecule has 0 unspecified atom stereocenters. The smallest absolute Gasteiger partial charge is 0.0284 e. The molecule has 2 rings (SSSR count). The van der Waals surface area contributed by atoms with Gasteiger partial charge in [-0.05, 0) is 28.8 Å². The normalized spacial score (nSPS) is 11.3. The highest BCUT2D eigenvalue weighted by atomic mass is 14.6. The van der Waals surface area contributed by atoms with E-state index in [-0.39, 0.29) is 0 Å². The summed E-state index contributed by atoms with van der Waals surface area (Å²) in [6.07, 6.45) is 1.90. The van der Waals surface area contributed by atoms with Crippen LogP contribution in [-0.2, 0) is 0 Å². The Labute approximate surface area is 84.1 Å². The van der Waals surface area contributed by atoms with E-state index in [9.17, 15) is 0 Å². The van der Waals surface area contributed by atoms with Gasteiger partial charge in [0.1, 0.15) is 0 Å². The van der Waals surface area contributed by atoms with Gasteiger partial charge in [0.2, 0.25) is 0 Å². The van der Waals surface area contributed by atoms with Crippen molar-refractivity contribution < 1.29 is 0 Å². The van der Waals surface area contributed by atoms with Crippen LogP contribution in [0.1, 0.15) is 11.1 Å². The molecule has 0 aliphatic carbocycles. The maximum Gasteiger partial charge on any atom is 0.0284 e. The van der Waals surface area contributed by atoms with Crippen LogP contribution in [-0.4, -0.2) is 13.3 Å². The fourth-order valence-electron chi connectivity index (χ4n) is 1.72. The lowest BCUT2D eigenvalue weighted by molar-refractivity contribution is 1.44. The molecule has 0 spiro atoms. The molecule has 1 nitrogen and oxygen atoms in total. The van der Waals surface area contributed by atoms with Gasteiger partial charge in [-0.3, -0.25) is 4.99 Å². The molecule has 0 aromatic heterocycles. The average Bonchev–Trinajstić information content (AvgIpc) is 2.23. The lowest BCUT2D eigenvalue weighted by Gasteiger charge is -2.04. The summed E-state index contributed by atoms with van der Waals surface area (Å²) >= 11 is 0. The number of hydrogen-bond acceptors (Lipinski definition) is 1. The van der Waals surface area contributed by atoms with Gasteiger partial charge in [-0.25, -0.2) is 0 Å². The molecule has 0 fully saturated rings. The van der Waals surface area contributed by atoms with Crippen LogP contribution in [0, 0.1) is 6.92 Å². The van der Waals surface area contributed by atoms with Crippen molar-refractivity contribution in [3.05, 3.63) is 47.5 Å². The van der Waals surface area contributed by atoms with Crippen molar-refractivity contribution >= 4 is 17.0 Å². The molecule has 0 aliphatic rings. The fourth-order valence-corrected chi connectivity index (χ4v) is 1.72. The molecule has 0 saturated carbocycles. The number of nitrogens with zero attached hydrogens (tertiary/aromatic N) is 1. The first kappa shape index (κ1) is 8.95. The molecule has 0 heterocycles. The van der Waals surface area contributed by atoms with Gasteiger partial charge in [-0.2, -0.15) is 0 Å². The highest BCUT2D eigenvalue weighted by molar-refractivity contribution is 5.94. The van der Waals surface area contributed by atoms with E-state index in [2.05, 4.69) is 48.3 Å². The predicted molar refractivity (Wildman–Crippen MR) is 62.2 cm³/mol. The zero-order chi connectivity index (χ0) is 9.97. The molecule has 0 saturated heterocycles. The van der Waals surface area contributed by atoms with Crippen molar-refractivity contribution in [3.63, 3.8) is 0 Å². The molecule has 0 atom stereocenters. The van der Waals surface area contributed by atoms with E-state index in [1.807, 2.05) is 6.21 Å². The van der Waals surface area contributed by atoms with Crippen LogP contribution in [0.3, 0.4) is 0 Å². The Balaban J connectivity index is 2.75. The highest BCUT2D eigenvalue weighted by Gasteiger charge is 1.99. The minimum atomic E-state index is 1.20. The topological polar surface area (TPSA) is 12.4 Å². The van der Waals surface area contributed by atoms with Gasteiger partial charge in [0, 0.05) is 13.3 Å². The van der Waals surface area contributed by atoms with E-state index >= 15 is 0 Å². The van der Waals surface area contributed by atoms with Crippen molar-refractivity contribution in [1.82, 2.24) is 0 Å². The summed E-state index contributed by atoms with van der Waals surface area (Å²) in [7, 11) is 1.80. The molecule has 70 valence electrons. The van der Waals surface area contributed by atoms with Crippen molar-refractivity contribution in [2.75, 3.05) is 7.05 Å². The maximum absolute atomic E-state index is 4.05. The second-order valence-corrected chi connectivity index (χ2v) is 3.39. The minimum Gasteiger partial charge on any atom is -0.296 e. The van der Waals surface area contributed by atoms with E-state index < -0.39 is 0 Å². The Morgan fingerprint density at radius 3 is 2.64 bits per heavy atom. The summed E-state index contributed by atoms with van der Waals surface area (Å²) in [5.74, 6) is 0. The van der Waals surface area contributed by atoms with E-state index in [0.29, 0.717) is 0 Å². The van der Waals surface area contributed by atoms with Crippen LogP contribution in [0.2, 0.25) is 0 Å². The van der Waals surface area contributed by atoms with Crippen LogP contribution < -0.4 is 0 Å². The molecule has 2 aromatic rings. The quantitative estimate of drug-likeness (QED) is 0.602. The van der Waals surface area contributed by atoms with Crippen LogP contribution in [0.25, 0.3) is 10.8 Å². The van der Waals surface area contributed by atoms with Crippen LogP contribution in [0.5, 0.6) is 0 Å². The van der Waals surface area contributed by atoms with Gasteiger partial charge in [0.15, 0.2) is 0 Å². The zero-order valence-electron chi connectivity index (χ0n) is 8.49. The molecule has 0 N–H and O–H groups in total. The summed E-state index contributed by atoms with van der Waals surface area (Å²) in [4.78, 5) is 4.05. The number of aryl methyl sites for hydroxylation is 1. The second kappa shape index (κ2) is 3.62. The SMILES string of the molecule is C/N=C\c1ccc2ccccc2c1C. The minimum absolute atomic E-state index is 1.20. The summed E-state index contributed by atoms with van der Waals surface area (Å²) < 4.78 is 0. The number of fused-ring (bicyclic) bond motifs is 1. The van der Waals surface area contributed by atoms with Gasteiger partial charge in [-0.15, -0.1) is 0 Å². The summed E-state index contributed by atoms with van der Waals surface area (Å²) in [6.45, 7) is 2.14. The van der Waals surface area contributed by atoms with Crippen LogP contribution >= 0.6 is 0 Å². The third-order valence-electron chi connectivity index (χ3n) is 2.51. The van der Waals surface area contributed by atoms with Crippen LogP contribution in [0.15, 0.2) is 41.4 Å². The first-order valence-corrected chi connectivity index (χ1v) is 4.73. The van der Waals surface area contributed by atoms with Gasteiger partial charge in [0.25, 0.3) is 0 Å². The van der Waals surface area contributed by atoms with E-state index in [4.69, 9.17) is 0 Å². The van der Waals surface area contributed by atoms with Crippen molar-refractivity contribution in [2.24, 2.45) is 4.99 Å². The Kier molecular flexibility index (Phi) is 2.32. The standard InChI is InChI=1S/C13H13N/c1-10-12(9-14-2)8-7-11-5-3-4-6-13(10)11/h3-9H,1-2H3/b14-9-. The number of aliphatic imine (C=N–C) groups is 1. The Morgan fingerprint density at radius 2 is 1.86 bits per heavy atom. The highest BCUT2D eigenvalue weighted by Crippen LogP contribution is 2.20. The van der Waals surface area contributed by atoms with Crippen molar-refractivity contribution in [1.29, 1.82) is 0 Å². The molecule has 14 heavy (non-hydrogen) atoms. The Bertz CT molecular complexity index is 484. The number of benzene rings is 2. The lowest BCUT2D eigenvalue weighted by atomic mass is 10.0. The van der Waals surface area contributed by atoms with E-state index in [1.165, 1.54) is 21.9 Å². The van der Waals surface area contributed by atoms with E-state index in [1.54, 1.807) is 7.05 Å². The summed E-state index contributed by atoms with van der Waals surface area (Å²) in [5.41, 5.74) is 2.50. The molecular weight excluding hydrogens is 170 g/mol. The lowest BCUT2D eigenvalue weighted by Crippen LogP contribution is -1.88. The average molecular weight is 183 g/mol. The zero-order valence-corrected chi connectivity index (χ0v) is 8.49. The Morgan fingerprint density at radius 1 is 1.07 bits per heavy atom. The molecule has 1 heteroatoms. The molecule has 0 bridgehead atoms. The molecule has 2 aromatic carbocycles. The van der Waals surface area contributed by atoms with Crippen LogP contribution in [0.4, 0.5) is 0 Å². The third-order valence-corrected chi connectivity index (χ3v) is 2.51. The maximum atomic E-state index is 4.05. The molecule has 0 aliphatic heterocycles. The largest absolute Gasteiger partial charge is 0.296 e. The van der Waals surface area contributed by atoms with Crippen molar-refractivity contribution in [2.45, 2.75) is 6.92 Å². The summed E-state index contributed by atoms with van der Waals surface area (Å²) in [6, 6.07) is 12.7. The van der Waals surface area contributed by atoms with Crippen molar-refractivity contribution in [3.8, 4) is 0 Å². The molecule has 0 radical (unpaired) electrons. The Hall–Kier alpha value is -1.63. The van der Waals surface area contributed by atoms with E-state index in [0.717, 1.165) is 0 Å². The fraction of sp³-hybridized carbons (Fsp3) is 0.154. The van der Waals surface area contributed by atoms with Gasteiger partial charge in [-0.1, -0.05) is 36.4 Å². The predicted octanol–water partition coefficient (Wildman–Crippen LogP) is 3.20. The molecular formula is C13H13N. The third kappa shape index (κ3) is 1.41. The first-order valence-electron chi connectivity index (χ1n) is 4.73. The van der Waals surface area contributed by atoms with Gasteiger partial charge < -0.3 is 0 Å².